The first-order valence-electron chi connectivity index (χ1n) is 7.03. The summed E-state index contributed by atoms with van der Waals surface area (Å²) < 4.78 is 3.28. The van der Waals surface area contributed by atoms with Gasteiger partial charge in [0.2, 0.25) is 5.91 Å². The number of hydrogen-bond acceptors (Lipinski definition) is 4. The number of nitrogens with one attached hydrogen (secondary N) is 2. The fraction of sp³-hybridized carbons (Fsp3) is 0.846. The van der Waals surface area contributed by atoms with Gasteiger partial charge in [-0.15, -0.1) is 0 Å². The molecule has 0 spiro atoms. The van der Waals surface area contributed by atoms with Crippen LogP contribution in [0, 0.1) is 11.3 Å². The van der Waals surface area contributed by atoms with Crippen molar-refractivity contribution in [1.29, 1.82) is 5.26 Å². The summed E-state index contributed by atoms with van der Waals surface area (Å²) in [6.45, 7) is 1.12. The third-order valence-corrected chi connectivity index (χ3v) is 5.03. The monoisotopic (exact) mass is 376 g/mol. The molecular weight excluding hydrogens is 355 g/mol. The lowest BCUT2D eigenvalue weighted by atomic mass is 9.92. The molecule has 2 aliphatic rings. The lowest BCUT2D eigenvalue weighted by Gasteiger charge is -2.29. The first-order chi connectivity index (χ1) is 9.24. The van der Waals surface area contributed by atoms with Gasteiger partial charge in [-0.3, -0.25) is 8.32 Å². The molecule has 1 saturated carbocycles. The van der Waals surface area contributed by atoms with E-state index >= 15 is 0 Å². The molecule has 5 nitrogen and oxygen atoms in total. The van der Waals surface area contributed by atoms with Crippen LogP contribution in [0.2, 0.25) is 0 Å². The Hall–Kier alpha value is -0.390. The third-order valence-electron chi connectivity index (χ3n) is 4.15. The molecule has 1 heterocycles. The molecule has 1 aliphatic heterocycles. The summed E-state index contributed by atoms with van der Waals surface area (Å²) in [5.41, 5.74) is 0. The molecule has 2 N–H and O–H groups in total. The van der Waals surface area contributed by atoms with Crippen LogP contribution in [0.25, 0.3) is 0 Å². The van der Waals surface area contributed by atoms with Gasteiger partial charge in [0.15, 0.2) is 0 Å². The molecule has 0 unspecified atom stereocenters. The molecule has 1 atom stereocenters. The molecule has 6 heteroatoms. The second-order valence-electron chi connectivity index (χ2n) is 5.41. The zero-order valence-corrected chi connectivity index (χ0v) is 13.2. The Morgan fingerprint density at radius 2 is 1.95 bits per heavy atom. The number of likely N-dealkylation sites (tertiary alicyclic amines) is 1. The lowest BCUT2D eigenvalue weighted by molar-refractivity contribution is -0.130. The maximum absolute atomic E-state index is 12.1. The average Bonchev–Trinajstić information content (AvgIpc) is 2.93. The Balaban J connectivity index is 1.71. The predicted molar refractivity (Wildman–Crippen MR) is 81.6 cm³/mol. The SMILES string of the molecule is N#C[C@@H]1CCCN1C(=O)CNC1CCC(NI)CC1. The number of nitriles is 1. The molecule has 1 amide bonds. The second-order valence-corrected chi connectivity index (χ2v) is 6.04. The van der Waals surface area contributed by atoms with Gasteiger partial charge in [-0.2, -0.15) is 5.26 Å². The van der Waals surface area contributed by atoms with E-state index in [9.17, 15) is 4.79 Å². The largest absolute Gasteiger partial charge is 0.326 e. The van der Waals surface area contributed by atoms with E-state index in [4.69, 9.17) is 5.26 Å². The van der Waals surface area contributed by atoms with E-state index in [1.54, 1.807) is 4.90 Å². The van der Waals surface area contributed by atoms with E-state index < -0.39 is 0 Å². The summed E-state index contributed by atoms with van der Waals surface area (Å²) in [4.78, 5) is 13.8. The highest BCUT2D eigenvalue weighted by Gasteiger charge is 2.29. The van der Waals surface area contributed by atoms with Gasteiger partial charge in [-0.1, -0.05) is 0 Å². The van der Waals surface area contributed by atoms with Gasteiger partial charge in [0.05, 0.1) is 12.6 Å². The average molecular weight is 376 g/mol. The lowest BCUT2D eigenvalue weighted by Crippen LogP contribution is -2.45. The highest BCUT2D eigenvalue weighted by molar-refractivity contribution is 14.1. The predicted octanol–water partition coefficient (Wildman–Crippen LogP) is 1.34. The van der Waals surface area contributed by atoms with Crippen LogP contribution in [0.3, 0.4) is 0 Å². The van der Waals surface area contributed by atoms with Crippen molar-refractivity contribution >= 4 is 28.8 Å². The highest BCUT2D eigenvalue weighted by Crippen LogP contribution is 2.20. The summed E-state index contributed by atoms with van der Waals surface area (Å²) in [6, 6.07) is 3.09. The zero-order valence-electron chi connectivity index (χ0n) is 11.1. The van der Waals surface area contributed by atoms with Crippen molar-refractivity contribution in [2.75, 3.05) is 13.1 Å². The van der Waals surface area contributed by atoms with E-state index in [-0.39, 0.29) is 11.9 Å². The minimum absolute atomic E-state index is 0.0817. The molecule has 0 bridgehead atoms. The molecular formula is C13H21IN4O. The Morgan fingerprint density at radius 1 is 1.26 bits per heavy atom. The molecule has 0 radical (unpaired) electrons. The smallest absolute Gasteiger partial charge is 0.237 e. The maximum atomic E-state index is 12.1. The molecule has 0 aromatic rings. The van der Waals surface area contributed by atoms with Crippen LogP contribution < -0.4 is 8.85 Å². The Morgan fingerprint density at radius 3 is 2.58 bits per heavy atom. The van der Waals surface area contributed by atoms with Crippen LogP contribution in [0.15, 0.2) is 0 Å². The summed E-state index contributed by atoms with van der Waals surface area (Å²) in [6.07, 6.45) is 6.36. The summed E-state index contributed by atoms with van der Waals surface area (Å²) in [7, 11) is 0. The van der Waals surface area contributed by atoms with Gasteiger partial charge in [0.1, 0.15) is 6.04 Å². The Bertz CT molecular complexity index is 349. The quantitative estimate of drug-likeness (QED) is 0.574. The van der Waals surface area contributed by atoms with E-state index in [0.717, 1.165) is 32.2 Å². The summed E-state index contributed by atoms with van der Waals surface area (Å²) in [5.74, 6) is 0.0817. The number of halogens is 1. The zero-order chi connectivity index (χ0) is 13.7. The van der Waals surface area contributed by atoms with Crippen molar-refractivity contribution in [2.45, 2.75) is 56.7 Å². The number of carbonyl (C=O) groups is 1. The first kappa shape index (κ1) is 15.0. The van der Waals surface area contributed by atoms with Crippen molar-refractivity contribution in [3.63, 3.8) is 0 Å². The molecule has 0 aromatic heterocycles. The molecule has 1 saturated heterocycles. The van der Waals surface area contributed by atoms with Crippen LogP contribution in [0.5, 0.6) is 0 Å². The van der Waals surface area contributed by atoms with E-state index in [0.29, 0.717) is 18.6 Å². The number of nitrogens with zero attached hydrogens (tertiary/aromatic N) is 2. The van der Waals surface area contributed by atoms with Crippen molar-refractivity contribution < 1.29 is 4.79 Å². The highest BCUT2D eigenvalue weighted by atomic mass is 127. The van der Waals surface area contributed by atoms with Crippen LogP contribution in [-0.2, 0) is 4.79 Å². The van der Waals surface area contributed by atoms with Crippen LogP contribution in [0.4, 0.5) is 0 Å². The van der Waals surface area contributed by atoms with Gasteiger partial charge in [-0.25, -0.2) is 0 Å². The fourth-order valence-electron chi connectivity index (χ4n) is 2.94. The fourth-order valence-corrected chi connectivity index (χ4v) is 3.56. The molecule has 2 rings (SSSR count). The number of amides is 1. The van der Waals surface area contributed by atoms with Crippen LogP contribution in [0.1, 0.15) is 38.5 Å². The van der Waals surface area contributed by atoms with Gasteiger partial charge in [-0.05, 0) is 38.5 Å². The number of carbonyl (C=O) groups excluding carboxylic acids is 1. The van der Waals surface area contributed by atoms with E-state index in [1.165, 1.54) is 12.8 Å². The van der Waals surface area contributed by atoms with Crippen LogP contribution >= 0.6 is 22.9 Å². The summed E-state index contributed by atoms with van der Waals surface area (Å²) >= 11 is 2.22. The minimum atomic E-state index is -0.201. The summed E-state index contributed by atoms with van der Waals surface area (Å²) in [5, 5.41) is 12.3. The molecule has 0 aromatic carbocycles. The van der Waals surface area contributed by atoms with Crippen molar-refractivity contribution in [3.05, 3.63) is 0 Å². The standard InChI is InChI=1S/C13H21IN4O/c14-17-11-5-3-10(4-6-11)16-9-13(19)18-7-1-2-12(18)8-15/h10-12,16-17H,1-7,9H2/t10?,11?,12-/m0/s1. The molecule has 19 heavy (non-hydrogen) atoms. The first-order valence-corrected chi connectivity index (χ1v) is 8.11. The molecule has 2 fully saturated rings. The van der Waals surface area contributed by atoms with Crippen molar-refractivity contribution in [3.8, 4) is 6.07 Å². The van der Waals surface area contributed by atoms with E-state index in [1.807, 2.05) is 0 Å². The topological polar surface area (TPSA) is 68.2 Å². The second kappa shape index (κ2) is 7.41. The van der Waals surface area contributed by atoms with Gasteiger partial charge < -0.3 is 10.2 Å². The van der Waals surface area contributed by atoms with Gasteiger partial charge >= 0.3 is 0 Å². The van der Waals surface area contributed by atoms with Crippen LogP contribution in [-0.4, -0.2) is 42.0 Å². The normalized spacial score (nSPS) is 31.2. The Labute approximate surface area is 128 Å². The van der Waals surface area contributed by atoms with Crippen molar-refractivity contribution in [2.24, 2.45) is 0 Å². The number of rotatable bonds is 4. The third kappa shape index (κ3) is 4.04. The molecule has 1 aliphatic carbocycles. The maximum Gasteiger partial charge on any atom is 0.237 e. The van der Waals surface area contributed by atoms with Crippen molar-refractivity contribution in [1.82, 2.24) is 13.7 Å². The van der Waals surface area contributed by atoms with Gasteiger partial charge in [0, 0.05) is 41.5 Å². The van der Waals surface area contributed by atoms with Gasteiger partial charge in [0.25, 0.3) is 0 Å². The minimum Gasteiger partial charge on any atom is -0.326 e. The van der Waals surface area contributed by atoms with E-state index in [2.05, 4.69) is 37.8 Å². The Kier molecular flexibility index (Phi) is 5.85. The number of hydrogen-bond donors (Lipinski definition) is 2. The molecule has 106 valence electrons.